The molecule has 0 aromatic rings. The van der Waals surface area contributed by atoms with Crippen LogP contribution in [0.1, 0.15) is 90.9 Å². The van der Waals surface area contributed by atoms with Gasteiger partial charge in [0.2, 0.25) is 0 Å². The van der Waals surface area contributed by atoms with Crippen LogP contribution in [-0.4, -0.2) is 23.0 Å². The second-order valence-electron chi connectivity index (χ2n) is 8.37. The summed E-state index contributed by atoms with van der Waals surface area (Å²) in [6.45, 7) is 4.69. The highest BCUT2D eigenvalue weighted by atomic mass is 32.3. The summed E-state index contributed by atoms with van der Waals surface area (Å²) in [5.41, 5.74) is 0. The summed E-state index contributed by atoms with van der Waals surface area (Å²) in [6.07, 6.45) is 23.5. The fourth-order valence-electron chi connectivity index (χ4n) is 4.94. The third-order valence-corrected chi connectivity index (χ3v) is 10.9. The molecule has 0 aromatic carbocycles. The Balaban J connectivity index is 1.82. The van der Waals surface area contributed by atoms with Crippen LogP contribution in [0.2, 0.25) is 0 Å². The van der Waals surface area contributed by atoms with Gasteiger partial charge in [-0.3, -0.25) is 0 Å². The smallest absolute Gasteiger partial charge is 0.0111 e. The lowest BCUT2D eigenvalue weighted by molar-refractivity contribution is 0.479. The summed E-state index contributed by atoms with van der Waals surface area (Å²) < 4.78 is 0. The highest BCUT2D eigenvalue weighted by molar-refractivity contribution is 8.33. The topological polar surface area (TPSA) is 0 Å². The van der Waals surface area contributed by atoms with E-state index in [0.29, 0.717) is 0 Å². The van der Waals surface area contributed by atoms with Gasteiger partial charge in [0.05, 0.1) is 0 Å². The summed E-state index contributed by atoms with van der Waals surface area (Å²) in [5, 5.41) is 2.21. The highest BCUT2D eigenvalue weighted by Crippen LogP contribution is 2.61. The number of rotatable bonds is 8. The second kappa shape index (κ2) is 8.27. The van der Waals surface area contributed by atoms with Gasteiger partial charge in [0.15, 0.2) is 0 Å². The monoisotopic (exact) mass is 312 g/mol. The molecule has 0 nitrogen and oxygen atoms in total. The van der Waals surface area contributed by atoms with Crippen molar-refractivity contribution in [2.24, 2.45) is 11.8 Å². The maximum atomic E-state index is 2.70. The highest BCUT2D eigenvalue weighted by Gasteiger charge is 2.40. The van der Waals surface area contributed by atoms with Crippen LogP contribution in [0, 0.1) is 11.8 Å². The van der Waals surface area contributed by atoms with Gasteiger partial charge < -0.3 is 0 Å². The minimum atomic E-state index is -0.354. The standard InChI is InChI=1S/C20H40S/c1-5-7-9-17-11-13-19(15-17)21(3,4)20-14-12-18(16-20)10-8-6-2/h17-20H,5-16H2,1-4H3. The van der Waals surface area contributed by atoms with Crippen molar-refractivity contribution in [1.82, 2.24) is 0 Å². The van der Waals surface area contributed by atoms with Crippen LogP contribution >= 0.6 is 10.0 Å². The molecule has 0 saturated heterocycles. The Morgan fingerprint density at radius 3 is 1.52 bits per heavy atom. The molecule has 2 fully saturated rings. The number of hydrogen-bond donors (Lipinski definition) is 0. The van der Waals surface area contributed by atoms with E-state index in [1.807, 2.05) is 0 Å². The largest absolute Gasteiger partial charge is 0.241 e. The minimum absolute atomic E-state index is 0.354. The third-order valence-electron chi connectivity index (χ3n) is 6.64. The van der Waals surface area contributed by atoms with E-state index in [1.54, 1.807) is 38.5 Å². The van der Waals surface area contributed by atoms with Crippen molar-refractivity contribution >= 4 is 10.0 Å². The average Bonchev–Trinajstić information content (AvgIpc) is 3.12. The Bertz CT molecular complexity index is 268. The number of unbranched alkanes of at least 4 members (excludes halogenated alkanes) is 2. The Morgan fingerprint density at radius 2 is 1.14 bits per heavy atom. The van der Waals surface area contributed by atoms with E-state index in [4.69, 9.17) is 0 Å². The van der Waals surface area contributed by atoms with E-state index in [-0.39, 0.29) is 10.0 Å². The molecule has 4 unspecified atom stereocenters. The van der Waals surface area contributed by atoms with Gasteiger partial charge in [-0.2, -0.15) is 0 Å². The fourth-order valence-corrected chi connectivity index (χ4v) is 8.51. The van der Waals surface area contributed by atoms with Gasteiger partial charge in [0.25, 0.3) is 0 Å². The first-order valence-corrected chi connectivity index (χ1v) is 12.4. The molecule has 1 heteroatoms. The summed E-state index contributed by atoms with van der Waals surface area (Å²) in [6, 6.07) is 0. The zero-order chi connectivity index (χ0) is 15.3. The lowest BCUT2D eigenvalue weighted by Crippen LogP contribution is -2.24. The van der Waals surface area contributed by atoms with Gasteiger partial charge >= 0.3 is 0 Å². The molecular weight excluding hydrogens is 272 g/mol. The first-order chi connectivity index (χ1) is 10.1. The molecule has 2 aliphatic rings. The molecule has 0 amide bonds. The lowest BCUT2D eigenvalue weighted by atomic mass is 10.0. The molecule has 2 saturated carbocycles. The van der Waals surface area contributed by atoms with Gasteiger partial charge in [-0.25, -0.2) is 10.0 Å². The van der Waals surface area contributed by atoms with Gasteiger partial charge in [0.1, 0.15) is 0 Å². The Labute approximate surface area is 136 Å². The van der Waals surface area contributed by atoms with Crippen LogP contribution in [0.3, 0.4) is 0 Å². The molecule has 0 bridgehead atoms. The van der Waals surface area contributed by atoms with Crippen LogP contribution in [0.4, 0.5) is 0 Å². The van der Waals surface area contributed by atoms with Gasteiger partial charge in [0, 0.05) is 0 Å². The molecule has 0 aromatic heterocycles. The maximum Gasteiger partial charge on any atom is -0.0111 e. The predicted octanol–water partition coefficient (Wildman–Crippen LogP) is 6.77. The SMILES string of the molecule is CCCCC1CCC(S(C)(C)C2CCC(CCCC)C2)C1. The zero-order valence-electron chi connectivity index (χ0n) is 15.2. The Kier molecular flexibility index (Phi) is 6.97. The quantitative estimate of drug-likeness (QED) is 0.464. The van der Waals surface area contributed by atoms with Crippen LogP contribution in [0.5, 0.6) is 0 Å². The van der Waals surface area contributed by atoms with Gasteiger partial charge in [-0.15, -0.1) is 0 Å². The van der Waals surface area contributed by atoms with Crippen molar-refractivity contribution < 1.29 is 0 Å². The number of hydrogen-bond acceptors (Lipinski definition) is 0. The minimum Gasteiger partial charge on any atom is -0.241 e. The third kappa shape index (κ3) is 4.66. The molecule has 2 rings (SSSR count). The second-order valence-corrected chi connectivity index (χ2v) is 12.7. The molecule has 4 atom stereocenters. The van der Waals surface area contributed by atoms with E-state index >= 15 is 0 Å². The fraction of sp³-hybridized carbons (Fsp3) is 1.00. The van der Waals surface area contributed by atoms with Crippen molar-refractivity contribution in [3.8, 4) is 0 Å². The normalized spacial score (nSPS) is 34.5. The van der Waals surface area contributed by atoms with Crippen molar-refractivity contribution in [1.29, 1.82) is 0 Å². The van der Waals surface area contributed by atoms with Crippen molar-refractivity contribution in [2.75, 3.05) is 12.5 Å². The maximum absolute atomic E-state index is 2.70. The lowest BCUT2D eigenvalue weighted by Gasteiger charge is -2.44. The van der Waals surface area contributed by atoms with Crippen LogP contribution in [0.15, 0.2) is 0 Å². The summed E-state index contributed by atoms with van der Waals surface area (Å²) >= 11 is 0. The van der Waals surface area contributed by atoms with Crippen molar-refractivity contribution in [3.63, 3.8) is 0 Å². The van der Waals surface area contributed by atoms with Crippen molar-refractivity contribution in [2.45, 2.75) is 101 Å². The van der Waals surface area contributed by atoms with E-state index < -0.39 is 0 Å². The molecular formula is C20H40S. The van der Waals surface area contributed by atoms with E-state index in [1.165, 1.54) is 38.5 Å². The van der Waals surface area contributed by atoms with Gasteiger partial charge in [-0.1, -0.05) is 52.4 Å². The summed E-state index contributed by atoms with van der Waals surface area (Å²) in [4.78, 5) is 0. The summed E-state index contributed by atoms with van der Waals surface area (Å²) in [7, 11) is -0.354. The first-order valence-electron chi connectivity index (χ1n) is 9.78. The van der Waals surface area contributed by atoms with Crippen molar-refractivity contribution in [3.05, 3.63) is 0 Å². The molecule has 0 heterocycles. The van der Waals surface area contributed by atoms with Crippen LogP contribution in [-0.2, 0) is 0 Å². The zero-order valence-corrected chi connectivity index (χ0v) is 16.0. The van der Waals surface area contributed by atoms with E-state index in [9.17, 15) is 0 Å². The molecule has 2 aliphatic carbocycles. The van der Waals surface area contributed by atoms with Gasteiger partial charge in [-0.05, 0) is 73.4 Å². The Hall–Kier alpha value is 0.350. The summed E-state index contributed by atoms with van der Waals surface area (Å²) in [5.74, 6) is 2.16. The van der Waals surface area contributed by atoms with E-state index in [0.717, 1.165) is 22.3 Å². The molecule has 0 N–H and O–H groups in total. The Morgan fingerprint density at radius 1 is 0.714 bits per heavy atom. The molecule has 126 valence electrons. The van der Waals surface area contributed by atoms with Crippen LogP contribution < -0.4 is 0 Å². The molecule has 0 radical (unpaired) electrons. The van der Waals surface area contributed by atoms with Crippen LogP contribution in [0.25, 0.3) is 0 Å². The average molecular weight is 313 g/mol. The molecule has 21 heavy (non-hydrogen) atoms. The molecule has 0 spiro atoms. The predicted molar refractivity (Wildman–Crippen MR) is 101 cm³/mol. The molecule has 0 aliphatic heterocycles. The first kappa shape index (κ1) is 17.7. The van der Waals surface area contributed by atoms with E-state index in [2.05, 4.69) is 26.4 Å².